The summed E-state index contributed by atoms with van der Waals surface area (Å²) in [7, 11) is 0. The quantitative estimate of drug-likeness (QED) is 0.731. The van der Waals surface area contributed by atoms with Gasteiger partial charge >= 0.3 is 0 Å². The van der Waals surface area contributed by atoms with Crippen molar-refractivity contribution in [2.24, 2.45) is 0 Å². The van der Waals surface area contributed by atoms with Crippen molar-refractivity contribution < 1.29 is 9.53 Å². The number of rotatable bonds is 4. The number of hydrogen-bond acceptors (Lipinski definition) is 6. The van der Waals surface area contributed by atoms with Gasteiger partial charge in [0.15, 0.2) is 5.13 Å². The summed E-state index contributed by atoms with van der Waals surface area (Å²) >= 11 is 1.39. The average molecular weight is 350 g/mol. The Morgan fingerprint density at radius 3 is 3.04 bits per heavy atom. The van der Waals surface area contributed by atoms with Gasteiger partial charge in [0.25, 0.3) is 0 Å². The van der Waals surface area contributed by atoms with Crippen LogP contribution in [0.1, 0.15) is 16.8 Å². The highest BCUT2D eigenvalue weighted by atomic mass is 32.1. The van der Waals surface area contributed by atoms with Crippen LogP contribution in [0.3, 0.4) is 0 Å². The Hall–Kier alpha value is -2.90. The van der Waals surface area contributed by atoms with Crippen molar-refractivity contribution in [3.05, 3.63) is 65.1 Å². The molecule has 1 aliphatic heterocycles. The molecule has 0 saturated carbocycles. The van der Waals surface area contributed by atoms with Crippen LogP contribution >= 0.6 is 11.3 Å². The molecule has 25 heavy (non-hydrogen) atoms. The Morgan fingerprint density at radius 2 is 2.16 bits per heavy atom. The maximum Gasteiger partial charge on any atom is 0.250 e. The summed E-state index contributed by atoms with van der Waals surface area (Å²) in [6, 6.07) is 6.19. The number of thiazole rings is 1. The van der Waals surface area contributed by atoms with Crippen LogP contribution in [-0.4, -0.2) is 20.9 Å². The zero-order valence-corrected chi connectivity index (χ0v) is 14.0. The molecular formula is C18H14N4O2S. The predicted molar refractivity (Wildman–Crippen MR) is 95.7 cm³/mol. The van der Waals surface area contributed by atoms with Crippen molar-refractivity contribution in [2.45, 2.75) is 13.2 Å². The first-order chi connectivity index (χ1) is 12.3. The lowest BCUT2D eigenvalue weighted by Crippen LogP contribution is -2.07. The van der Waals surface area contributed by atoms with Crippen LogP contribution in [0.25, 0.3) is 17.3 Å². The van der Waals surface area contributed by atoms with E-state index in [1.165, 1.54) is 28.5 Å². The van der Waals surface area contributed by atoms with Crippen molar-refractivity contribution in [1.29, 1.82) is 0 Å². The Kier molecular flexibility index (Phi) is 4.32. The molecule has 124 valence electrons. The molecule has 1 N–H and O–H groups in total. The Balaban J connectivity index is 1.44. The second-order valence-electron chi connectivity index (χ2n) is 5.47. The second-order valence-corrected chi connectivity index (χ2v) is 6.33. The van der Waals surface area contributed by atoms with Gasteiger partial charge in [-0.15, -0.1) is 11.3 Å². The van der Waals surface area contributed by atoms with Crippen molar-refractivity contribution in [3.63, 3.8) is 0 Å². The van der Waals surface area contributed by atoms with Gasteiger partial charge in [0, 0.05) is 29.4 Å². The van der Waals surface area contributed by atoms with E-state index in [4.69, 9.17) is 4.74 Å². The number of nitrogens with one attached hydrogen (secondary N) is 1. The van der Waals surface area contributed by atoms with Crippen LogP contribution < -0.4 is 5.32 Å². The molecule has 1 amide bonds. The number of amides is 1. The fourth-order valence-electron chi connectivity index (χ4n) is 2.50. The number of carbonyl (C=O) groups is 1. The van der Waals surface area contributed by atoms with Crippen LogP contribution in [0, 0.1) is 0 Å². The molecule has 3 heterocycles. The van der Waals surface area contributed by atoms with Gasteiger partial charge in [0.05, 0.1) is 30.8 Å². The van der Waals surface area contributed by atoms with Gasteiger partial charge in [0.1, 0.15) is 0 Å². The summed E-state index contributed by atoms with van der Waals surface area (Å²) in [5.41, 5.74) is 4.91. The highest BCUT2D eigenvalue weighted by Crippen LogP contribution is 2.29. The smallest absolute Gasteiger partial charge is 0.250 e. The highest BCUT2D eigenvalue weighted by molar-refractivity contribution is 7.14. The minimum atomic E-state index is -0.256. The molecule has 0 radical (unpaired) electrons. The topological polar surface area (TPSA) is 77.0 Å². The molecule has 0 saturated heterocycles. The van der Waals surface area contributed by atoms with Crippen molar-refractivity contribution in [3.8, 4) is 11.3 Å². The lowest BCUT2D eigenvalue weighted by molar-refractivity contribution is -0.111. The maximum atomic E-state index is 12.0. The predicted octanol–water partition coefficient (Wildman–Crippen LogP) is 3.28. The molecule has 3 aromatic rings. The zero-order chi connectivity index (χ0) is 17.1. The van der Waals surface area contributed by atoms with E-state index in [2.05, 4.69) is 32.4 Å². The summed E-state index contributed by atoms with van der Waals surface area (Å²) in [4.78, 5) is 24.5. The van der Waals surface area contributed by atoms with E-state index in [1.54, 1.807) is 24.7 Å². The molecule has 7 heteroatoms. The highest BCUT2D eigenvalue weighted by Gasteiger charge is 2.13. The minimum absolute atomic E-state index is 0.256. The zero-order valence-electron chi connectivity index (χ0n) is 13.2. The summed E-state index contributed by atoms with van der Waals surface area (Å²) in [5, 5.41) is 5.25. The third-order valence-corrected chi connectivity index (χ3v) is 4.50. The third kappa shape index (κ3) is 3.62. The Morgan fingerprint density at radius 1 is 1.24 bits per heavy atom. The van der Waals surface area contributed by atoms with E-state index >= 15 is 0 Å². The lowest BCUT2D eigenvalue weighted by Gasteiger charge is -2.01. The Labute approximate surface area is 148 Å². The minimum Gasteiger partial charge on any atom is -0.372 e. The van der Waals surface area contributed by atoms with E-state index in [-0.39, 0.29) is 5.91 Å². The standard InChI is InChI=1S/C18H14N4O2S/c23-17(4-3-15-8-19-5-6-20-15)22-18-21-16(11-25-18)12-1-2-13-9-24-10-14(13)7-12/h1-8,11H,9-10H2,(H,21,22,23). The molecule has 0 atom stereocenters. The van der Waals surface area contributed by atoms with Gasteiger partial charge in [-0.1, -0.05) is 12.1 Å². The van der Waals surface area contributed by atoms with Gasteiger partial charge < -0.3 is 4.74 Å². The van der Waals surface area contributed by atoms with Crippen LogP contribution in [0.5, 0.6) is 0 Å². The summed E-state index contributed by atoms with van der Waals surface area (Å²) < 4.78 is 5.44. The number of aromatic nitrogens is 3. The Bertz CT molecular complexity index is 937. The molecule has 4 rings (SSSR count). The van der Waals surface area contributed by atoms with Crippen LogP contribution in [0.15, 0.2) is 48.2 Å². The first kappa shape index (κ1) is 15.6. The molecule has 0 spiro atoms. The second kappa shape index (κ2) is 6.92. The van der Waals surface area contributed by atoms with Gasteiger partial charge in [-0.05, 0) is 23.3 Å². The van der Waals surface area contributed by atoms with Crippen molar-refractivity contribution >= 4 is 28.5 Å². The van der Waals surface area contributed by atoms with Crippen LogP contribution in [-0.2, 0) is 22.7 Å². The average Bonchev–Trinajstić information content (AvgIpc) is 3.29. The summed E-state index contributed by atoms with van der Waals surface area (Å²) in [6.45, 7) is 1.32. The SMILES string of the molecule is O=C(C=Cc1cnccn1)Nc1nc(-c2ccc3c(c2)COC3)cs1. The number of benzene rings is 1. The molecule has 1 aliphatic rings. The number of anilines is 1. The number of hydrogen-bond donors (Lipinski definition) is 1. The molecule has 0 unspecified atom stereocenters. The monoisotopic (exact) mass is 350 g/mol. The van der Waals surface area contributed by atoms with Crippen molar-refractivity contribution in [2.75, 3.05) is 5.32 Å². The fourth-order valence-corrected chi connectivity index (χ4v) is 3.22. The third-order valence-electron chi connectivity index (χ3n) is 3.74. The first-order valence-electron chi connectivity index (χ1n) is 7.68. The molecule has 2 aromatic heterocycles. The molecule has 1 aromatic carbocycles. The maximum absolute atomic E-state index is 12.0. The molecule has 0 fully saturated rings. The lowest BCUT2D eigenvalue weighted by atomic mass is 10.1. The van der Waals surface area contributed by atoms with E-state index in [0.717, 1.165) is 11.3 Å². The van der Waals surface area contributed by atoms with E-state index in [0.29, 0.717) is 24.0 Å². The normalized spacial score (nSPS) is 13.1. The van der Waals surface area contributed by atoms with Gasteiger partial charge in [0.2, 0.25) is 5.91 Å². The summed E-state index contributed by atoms with van der Waals surface area (Å²) in [5.74, 6) is -0.256. The number of ether oxygens (including phenoxy) is 1. The van der Waals surface area contributed by atoms with Crippen LogP contribution in [0.4, 0.5) is 5.13 Å². The summed E-state index contributed by atoms with van der Waals surface area (Å²) in [6.07, 6.45) is 7.77. The molecule has 0 bridgehead atoms. The molecule has 0 aliphatic carbocycles. The molecular weight excluding hydrogens is 336 g/mol. The fraction of sp³-hybridized carbons (Fsp3) is 0.111. The van der Waals surface area contributed by atoms with Crippen LogP contribution in [0.2, 0.25) is 0 Å². The van der Waals surface area contributed by atoms with Gasteiger partial charge in [-0.3, -0.25) is 20.1 Å². The number of nitrogens with zero attached hydrogens (tertiary/aromatic N) is 3. The molecule has 6 nitrogen and oxygen atoms in total. The van der Waals surface area contributed by atoms with Crippen molar-refractivity contribution in [1.82, 2.24) is 15.0 Å². The largest absolute Gasteiger partial charge is 0.372 e. The van der Waals surface area contributed by atoms with E-state index in [9.17, 15) is 4.79 Å². The first-order valence-corrected chi connectivity index (χ1v) is 8.56. The van der Waals surface area contributed by atoms with Gasteiger partial charge in [-0.2, -0.15) is 0 Å². The number of carbonyl (C=O) groups excluding carboxylic acids is 1. The van der Waals surface area contributed by atoms with E-state index < -0.39 is 0 Å². The van der Waals surface area contributed by atoms with Gasteiger partial charge in [-0.25, -0.2) is 4.98 Å². The number of fused-ring (bicyclic) bond motifs is 1. The van der Waals surface area contributed by atoms with E-state index in [1.807, 2.05) is 11.4 Å².